The van der Waals surface area contributed by atoms with Crippen LogP contribution in [0.3, 0.4) is 0 Å². The Morgan fingerprint density at radius 2 is 1.77 bits per heavy atom. The second-order valence-corrected chi connectivity index (χ2v) is 6.97. The molecular formula is C17H24N2O2S. The highest BCUT2D eigenvalue weighted by atomic mass is 32.2. The Bertz CT molecular complexity index is 520. The van der Waals surface area contributed by atoms with E-state index in [2.05, 4.69) is 19.2 Å². The van der Waals surface area contributed by atoms with Crippen molar-refractivity contribution in [3.8, 4) is 0 Å². The van der Waals surface area contributed by atoms with E-state index in [4.69, 9.17) is 0 Å². The first-order chi connectivity index (χ1) is 10.5. The molecule has 0 aliphatic carbocycles. The van der Waals surface area contributed by atoms with Crippen molar-refractivity contribution in [2.75, 3.05) is 11.1 Å². The summed E-state index contributed by atoms with van der Waals surface area (Å²) in [7, 11) is 0. The summed E-state index contributed by atoms with van der Waals surface area (Å²) < 4.78 is 0. The average Bonchev–Trinajstić information content (AvgIpc) is 2.46. The van der Waals surface area contributed by atoms with Crippen molar-refractivity contribution in [3.63, 3.8) is 0 Å². The predicted octanol–water partition coefficient (Wildman–Crippen LogP) is 3.53. The first-order valence-corrected chi connectivity index (χ1v) is 8.77. The number of amides is 2. The van der Waals surface area contributed by atoms with E-state index in [-0.39, 0.29) is 11.8 Å². The maximum Gasteiger partial charge on any atom is 0.233 e. The van der Waals surface area contributed by atoms with E-state index in [0.717, 1.165) is 23.4 Å². The van der Waals surface area contributed by atoms with Crippen LogP contribution in [0.4, 0.5) is 5.69 Å². The number of likely N-dealkylation sites (tertiary alicyclic amines) is 1. The number of benzene rings is 1. The van der Waals surface area contributed by atoms with E-state index < -0.39 is 0 Å². The molecule has 1 aromatic carbocycles. The Kier molecular flexibility index (Phi) is 5.89. The molecule has 0 saturated carbocycles. The van der Waals surface area contributed by atoms with Gasteiger partial charge in [-0.05, 0) is 57.4 Å². The fraction of sp³-hybridized carbons (Fsp3) is 0.529. The van der Waals surface area contributed by atoms with Crippen LogP contribution in [0.25, 0.3) is 0 Å². The molecule has 0 spiro atoms. The minimum absolute atomic E-state index is 0.0799. The van der Waals surface area contributed by atoms with Crippen molar-refractivity contribution < 1.29 is 9.59 Å². The van der Waals surface area contributed by atoms with Crippen LogP contribution < -0.4 is 5.32 Å². The van der Waals surface area contributed by atoms with Crippen LogP contribution in [-0.2, 0) is 9.59 Å². The summed E-state index contributed by atoms with van der Waals surface area (Å²) in [6.45, 7) is 5.77. The predicted molar refractivity (Wildman–Crippen MR) is 91.1 cm³/mol. The summed E-state index contributed by atoms with van der Waals surface area (Å²) in [5.41, 5.74) is 0.779. The van der Waals surface area contributed by atoms with Gasteiger partial charge in [-0.2, -0.15) is 0 Å². The van der Waals surface area contributed by atoms with Crippen LogP contribution in [0.15, 0.2) is 29.2 Å². The maximum absolute atomic E-state index is 12.5. The largest absolute Gasteiger partial charge is 0.337 e. The molecule has 1 aliphatic rings. The van der Waals surface area contributed by atoms with Gasteiger partial charge in [0.2, 0.25) is 11.8 Å². The van der Waals surface area contributed by atoms with Gasteiger partial charge in [0.1, 0.15) is 0 Å². The minimum Gasteiger partial charge on any atom is -0.337 e. The number of hydrogen-bond acceptors (Lipinski definition) is 3. The number of nitrogens with zero attached hydrogens (tertiary/aromatic N) is 1. The number of carbonyl (C=O) groups excluding carboxylic acids is 2. The number of carbonyl (C=O) groups is 2. The van der Waals surface area contributed by atoms with Crippen molar-refractivity contribution in [1.82, 2.24) is 4.90 Å². The van der Waals surface area contributed by atoms with E-state index in [9.17, 15) is 9.59 Å². The van der Waals surface area contributed by atoms with Crippen LogP contribution in [-0.4, -0.2) is 34.6 Å². The third-order valence-corrected chi connectivity index (χ3v) is 5.02. The lowest BCUT2D eigenvalue weighted by Crippen LogP contribution is -2.48. The molecule has 1 heterocycles. The monoisotopic (exact) mass is 320 g/mol. The van der Waals surface area contributed by atoms with Crippen LogP contribution in [0.5, 0.6) is 0 Å². The van der Waals surface area contributed by atoms with Gasteiger partial charge in [-0.15, -0.1) is 11.8 Å². The Labute approximate surface area is 136 Å². The van der Waals surface area contributed by atoms with Gasteiger partial charge < -0.3 is 10.2 Å². The lowest BCUT2D eigenvalue weighted by Gasteiger charge is -2.39. The highest BCUT2D eigenvalue weighted by Crippen LogP contribution is 2.26. The summed E-state index contributed by atoms with van der Waals surface area (Å²) in [6, 6.07) is 8.29. The van der Waals surface area contributed by atoms with Crippen molar-refractivity contribution in [1.29, 1.82) is 0 Å². The van der Waals surface area contributed by atoms with Crippen molar-refractivity contribution in [2.24, 2.45) is 0 Å². The number of rotatable bonds is 4. The van der Waals surface area contributed by atoms with Gasteiger partial charge in [-0.3, -0.25) is 9.59 Å². The number of anilines is 1. The zero-order valence-electron chi connectivity index (χ0n) is 13.5. The van der Waals surface area contributed by atoms with Gasteiger partial charge in [-0.25, -0.2) is 0 Å². The molecule has 0 aromatic heterocycles. The zero-order chi connectivity index (χ0) is 16.1. The SMILES string of the molecule is CC(=O)Nc1ccc(SCC(=O)N2[C@H](C)CCC[C@@H]2C)cc1. The molecule has 120 valence electrons. The minimum atomic E-state index is -0.0799. The molecule has 0 bridgehead atoms. The van der Waals surface area contributed by atoms with Gasteiger partial charge in [0, 0.05) is 29.6 Å². The van der Waals surface area contributed by atoms with Crippen LogP contribution in [0.1, 0.15) is 40.0 Å². The lowest BCUT2D eigenvalue weighted by atomic mass is 9.98. The van der Waals surface area contributed by atoms with Gasteiger partial charge in [0.05, 0.1) is 5.75 Å². The topological polar surface area (TPSA) is 49.4 Å². The van der Waals surface area contributed by atoms with E-state index in [1.54, 1.807) is 11.8 Å². The summed E-state index contributed by atoms with van der Waals surface area (Å²) >= 11 is 1.55. The van der Waals surface area contributed by atoms with Crippen molar-refractivity contribution in [2.45, 2.75) is 57.0 Å². The Morgan fingerprint density at radius 3 is 2.32 bits per heavy atom. The number of thioether (sulfide) groups is 1. The molecule has 5 heteroatoms. The molecule has 1 aliphatic heterocycles. The summed E-state index contributed by atoms with van der Waals surface area (Å²) in [6.07, 6.45) is 3.42. The summed E-state index contributed by atoms with van der Waals surface area (Å²) in [5.74, 6) is 0.605. The zero-order valence-corrected chi connectivity index (χ0v) is 14.3. The second-order valence-electron chi connectivity index (χ2n) is 5.92. The first-order valence-electron chi connectivity index (χ1n) is 7.79. The molecule has 1 aromatic rings. The van der Waals surface area contributed by atoms with E-state index >= 15 is 0 Å². The normalized spacial score (nSPS) is 21.5. The van der Waals surface area contributed by atoms with E-state index in [1.807, 2.05) is 29.2 Å². The van der Waals surface area contributed by atoms with Gasteiger partial charge in [0.15, 0.2) is 0 Å². The number of hydrogen-bond donors (Lipinski definition) is 1. The molecule has 1 N–H and O–H groups in total. The molecular weight excluding hydrogens is 296 g/mol. The molecule has 1 saturated heterocycles. The molecule has 0 radical (unpaired) electrons. The van der Waals surface area contributed by atoms with Crippen LogP contribution >= 0.6 is 11.8 Å². The summed E-state index contributed by atoms with van der Waals surface area (Å²) in [4.78, 5) is 26.5. The quantitative estimate of drug-likeness (QED) is 0.864. The molecule has 2 amide bonds. The maximum atomic E-state index is 12.5. The molecule has 2 rings (SSSR count). The lowest BCUT2D eigenvalue weighted by molar-refractivity contribution is -0.134. The van der Waals surface area contributed by atoms with Gasteiger partial charge in [0.25, 0.3) is 0 Å². The standard InChI is InChI=1S/C17H24N2O2S/c1-12-5-4-6-13(2)19(12)17(21)11-22-16-9-7-15(8-10-16)18-14(3)20/h7-10,12-13H,4-6,11H2,1-3H3,(H,18,20)/t12-,13+. The third-order valence-electron chi connectivity index (χ3n) is 4.02. The number of nitrogens with one attached hydrogen (secondary N) is 1. The smallest absolute Gasteiger partial charge is 0.233 e. The van der Waals surface area contributed by atoms with Crippen LogP contribution in [0.2, 0.25) is 0 Å². The fourth-order valence-corrected chi connectivity index (χ4v) is 3.74. The molecule has 2 atom stereocenters. The Balaban J connectivity index is 1.89. The van der Waals surface area contributed by atoms with Crippen molar-refractivity contribution >= 4 is 29.3 Å². The van der Waals surface area contributed by atoms with Gasteiger partial charge >= 0.3 is 0 Å². The molecule has 0 unspecified atom stereocenters. The summed E-state index contributed by atoms with van der Waals surface area (Å²) in [5, 5.41) is 2.74. The third kappa shape index (κ3) is 4.50. The molecule has 4 nitrogen and oxygen atoms in total. The highest BCUT2D eigenvalue weighted by Gasteiger charge is 2.28. The first kappa shape index (κ1) is 16.9. The van der Waals surface area contributed by atoms with E-state index in [0.29, 0.717) is 17.8 Å². The fourth-order valence-electron chi connectivity index (χ4n) is 2.97. The second kappa shape index (κ2) is 7.68. The Morgan fingerprint density at radius 1 is 1.18 bits per heavy atom. The Hall–Kier alpha value is -1.49. The van der Waals surface area contributed by atoms with E-state index in [1.165, 1.54) is 13.3 Å². The van der Waals surface area contributed by atoms with Crippen LogP contribution in [0, 0.1) is 0 Å². The molecule has 1 fully saturated rings. The average molecular weight is 320 g/mol. The van der Waals surface area contributed by atoms with Gasteiger partial charge in [-0.1, -0.05) is 0 Å². The molecule has 22 heavy (non-hydrogen) atoms. The highest BCUT2D eigenvalue weighted by molar-refractivity contribution is 8.00. The van der Waals surface area contributed by atoms with Crippen molar-refractivity contribution in [3.05, 3.63) is 24.3 Å². The number of piperidine rings is 1.